The van der Waals surface area contributed by atoms with Crippen molar-refractivity contribution in [1.82, 2.24) is 24.8 Å². The van der Waals surface area contributed by atoms with Gasteiger partial charge in [0.15, 0.2) is 0 Å². The number of hydrogen-bond donors (Lipinski definition) is 3. The third kappa shape index (κ3) is 4.48. The monoisotopic (exact) mass is 424 g/mol. The average molecular weight is 425 g/mol. The van der Waals surface area contributed by atoms with Crippen molar-refractivity contribution >= 4 is 41.8 Å². The quantitative estimate of drug-likeness (QED) is 0.598. The minimum atomic E-state index is -0.527. The summed E-state index contributed by atoms with van der Waals surface area (Å²) in [5.41, 5.74) is 10.3. The maximum Gasteiger partial charge on any atom is 0.239 e. The van der Waals surface area contributed by atoms with Crippen molar-refractivity contribution in [3.05, 3.63) is 47.8 Å². The number of imidazole rings is 2. The number of nitrogens with one attached hydrogen (secondary N) is 2. The van der Waals surface area contributed by atoms with E-state index in [-0.39, 0.29) is 30.7 Å². The summed E-state index contributed by atoms with van der Waals surface area (Å²) in [6.07, 6.45) is 5.61. The van der Waals surface area contributed by atoms with E-state index in [1.165, 1.54) is 5.56 Å². The number of para-hydroxylation sites is 1. The van der Waals surface area contributed by atoms with Crippen molar-refractivity contribution in [2.75, 3.05) is 13.1 Å². The number of aromatic nitrogens is 4. The van der Waals surface area contributed by atoms with Crippen LogP contribution in [0.25, 0.3) is 11.0 Å². The Kier molecular flexibility index (Phi) is 7.46. The fraction of sp³-hybridized carbons (Fsp3) is 0.421. The van der Waals surface area contributed by atoms with Gasteiger partial charge >= 0.3 is 0 Å². The molecule has 0 unspecified atom stereocenters. The summed E-state index contributed by atoms with van der Waals surface area (Å²) in [4.78, 5) is 29.7. The fourth-order valence-electron chi connectivity index (χ4n) is 3.72. The number of nitrogens with two attached hydrogens (primary N) is 1. The van der Waals surface area contributed by atoms with Crippen molar-refractivity contribution in [1.29, 1.82) is 0 Å². The van der Waals surface area contributed by atoms with E-state index in [0.29, 0.717) is 12.3 Å². The molecule has 3 aromatic rings. The lowest BCUT2D eigenvalue weighted by Gasteiger charge is -2.32. The van der Waals surface area contributed by atoms with Gasteiger partial charge in [0.05, 0.1) is 23.4 Å². The van der Waals surface area contributed by atoms with Crippen LogP contribution in [0.5, 0.6) is 0 Å². The number of amides is 1. The number of carbonyl (C=O) groups excluding carboxylic acids is 1. The van der Waals surface area contributed by atoms with E-state index in [0.717, 1.165) is 48.5 Å². The van der Waals surface area contributed by atoms with Crippen LogP contribution in [0.3, 0.4) is 0 Å². The van der Waals surface area contributed by atoms with Gasteiger partial charge in [-0.2, -0.15) is 0 Å². The molecule has 152 valence electrons. The van der Waals surface area contributed by atoms with Crippen LogP contribution in [0.2, 0.25) is 0 Å². The Bertz CT molecular complexity index is 902. The number of H-pyrrole nitrogens is 2. The number of hydrogen-bond acceptors (Lipinski definition) is 4. The second kappa shape index (κ2) is 9.41. The highest BCUT2D eigenvalue weighted by atomic mass is 35.5. The summed E-state index contributed by atoms with van der Waals surface area (Å²) in [5, 5.41) is 0. The third-order valence-electron chi connectivity index (χ3n) is 5.24. The van der Waals surface area contributed by atoms with Gasteiger partial charge in [0, 0.05) is 37.3 Å². The van der Waals surface area contributed by atoms with E-state index in [1.54, 1.807) is 12.5 Å². The van der Waals surface area contributed by atoms with E-state index in [9.17, 15) is 4.79 Å². The molecular formula is C19H26Cl2N6O. The van der Waals surface area contributed by atoms with Crippen molar-refractivity contribution in [3.8, 4) is 0 Å². The molecule has 4 rings (SSSR count). The summed E-state index contributed by atoms with van der Waals surface area (Å²) in [5.74, 6) is 1.40. The molecule has 1 atom stereocenters. The predicted octanol–water partition coefficient (Wildman–Crippen LogP) is 2.71. The Hall–Kier alpha value is -2.09. The number of nitrogens with zero attached hydrogens (tertiary/aromatic N) is 3. The molecular weight excluding hydrogens is 399 g/mol. The largest absolute Gasteiger partial charge is 0.348 e. The summed E-state index contributed by atoms with van der Waals surface area (Å²) >= 11 is 0. The predicted molar refractivity (Wildman–Crippen MR) is 114 cm³/mol. The molecule has 7 nitrogen and oxygen atoms in total. The Morgan fingerprint density at radius 2 is 2.07 bits per heavy atom. The Morgan fingerprint density at radius 1 is 1.32 bits per heavy atom. The first-order valence-electron chi connectivity index (χ1n) is 9.08. The van der Waals surface area contributed by atoms with E-state index in [4.69, 9.17) is 10.7 Å². The summed E-state index contributed by atoms with van der Waals surface area (Å²) in [7, 11) is 0. The first-order valence-corrected chi connectivity index (χ1v) is 9.08. The minimum absolute atomic E-state index is 0. The lowest BCUT2D eigenvalue weighted by molar-refractivity contribution is -0.133. The molecule has 28 heavy (non-hydrogen) atoms. The highest BCUT2D eigenvalue weighted by Gasteiger charge is 2.28. The first-order chi connectivity index (χ1) is 12.6. The molecule has 0 bridgehead atoms. The maximum absolute atomic E-state index is 12.6. The number of piperidine rings is 1. The first kappa shape index (κ1) is 22.2. The van der Waals surface area contributed by atoms with Gasteiger partial charge in [-0.3, -0.25) is 4.79 Å². The number of benzene rings is 1. The number of fused-ring (bicyclic) bond motifs is 1. The number of aromatic amines is 2. The highest BCUT2D eigenvalue weighted by molar-refractivity contribution is 5.85. The maximum atomic E-state index is 12.6. The van der Waals surface area contributed by atoms with Crippen LogP contribution in [0, 0.1) is 6.92 Å². The van der Waals surface area contributed by atoms with E-state index < -0.39 is 6.04 Å². The molecule has 0 saturated carbocycles. The number of likely N-dealkylation sites (tertiary alicyclic amines) is 1. The van der Waals surface area contributed by atoms with Crippen molar-refractivity contribution in [2.24, 2.45) is 5.73 Å². The summed E-state index contributed by atoms with van der Waals surface area (Å²) < 4.78 is 0. The normalized spacial score (nSPS) is 15.7. The Morgan fingerprint density at radius 3 is 2.71 bits per heavy atom. The molecule has 0 spiro atoms. The van der Waals surface area contributed by atoms with Gasteiger partial charge in [-0.1, -0.05) is 12.1 Å². The zero-order valence-electron chi connectivity index (χ0n) is 15.7. The lowest BCUT2D eigenvalue weighted by atomic mass is 9.95. The molecule has 1 aromatic carbocycles. The van der Waals surface area contributed by atoms with Crippen LogP contribution >= 0.6 is 24.8 Å². The van der Waals surface area contributed by atoms with Gasteiger partial charge in [-0.05, 0) is 31.4 Å². The smallest absolute Gasteiger partial charge is 0.239 e. The molecule has 1 amide bonds. The topological polar surface area (TPSA) is 104 Å². The van der Waals surface area contributed by atoms with Crippen LogP contribution in [0.4, 0.5) is 0 Å². The second-order valence-corrected chi connectivity index (χ2v) is 7.08. The highest BCUT2D eigenvalue weighted by Crippen LogP contribution is 2.28. The van der Waals surface area contributed by atoms with Crippen molar-refractivity contribution in [3.63, 3.8) is 0 Å². The Labute approximate surface area is 176 Å². The SMILES string of the molecule is Cc1cccc2[nH]c(C3CCN(C(=O)[C@@H](N)Cc4cnc[nH]4)CC3)nc12.Cl.Cl. The molecule has 2 aromatic heterocycles. The summed E-state index contributed by atoms with van der Waals surface area (Å²) in [6, 6.07) is 5.66. The van der Waals surface area contributed by atoms with E-state index >= 15 is 0 Å². The van der Waals surface area contributed by atoms with Crippen molar-refractivity contribution in [2.45, 2.75) is 38.1 Å². The van der Waals surface area contributed by atoms with Gasteiger partial charge in [0.25, 0.3) is 0 Å². The zero-order valence-corrected chi connectivity index (χ0v) is 17.4. The van der Waals surface area contributed by atoms with Gasteiger partial charge in [-0.25, -0.2) is 9.97 Å². The average Bonchev–Trinajstić information content (AvgIpc) is 3.31. The zero-order chi connectivity index (χ0) is 18.1. The molecule has 3 heterocycles. The molecule has 1 aliphatic rings. The molecule has 0 radical (unpaired) electrons. The van der Waals surface area contributed by atoms with Crippen molar-refractivity contribution < 1.29 is 4.79 Å². The molecule has 4 N–H and O–H groups in total. The molecule has 0 aliphatic carbocycles. The fourth-order valence-corrected chi connectivity index (χ4v) is 3.72. The second-order valence-electron chi connectivity index (χ2n) is 7.08. The summed E-state index contributed by atoms with van der Waals surface area (Å²) in [6.45, 7) is 3.52. The number of rotatable bonds is 4. The Balaban J connectivity index is 0.00000140. The van der Waals surface area contributed by atoms with Gasteiger partial charge < -0.3 is 20.6 Å². The standard InChI is InChI=1S/C19H24N6O.2ClH/c1-12-3-2-4-16-17(12)24-18(23-16)13-5-7-25(8-6-13)19(26)15(20)9-14-10-21-11-22-14;;/h2-4,10-11,13,15H,5-9,20H2,1H3,(H,21,22)(H,23,24);2*1H/t15-;;/m0../s1. The molecule has 1 aliphatic heterocycles. The van der Waals surface area contributed by atoms with E-state index in [1.807, 2.05) is 11.0 Å². The number of halogens is 2. The molecule has 1 saturated heterocycles. The van der Waals surface area contributed by atoms with Crippen LogP contribution in [0.15, 0.2) is 30.7 Å². The van der Waals surface area contributed by atoms with Crippen LogP contribution < -0.4 is 5.73 Å². The van der Waals surface area contributed by atoms with E-state index in [2.05, 4.69) is 34.0 Å². The molecule has 9 heteroatoms. The van der Waals surface area contributed by atoms with Crippen LogP contribution in [-0.2, 0) is 11.2 Å². The van der Waals surface area contributed by atoms with Crippen LogP contribution in [0.1, 0.15) is 35.8 Å². The number of aryl methyl sites for hydroxylation is 1. The van der Waals surface area contributed by atoms with Gasteiger partial charge in [0.2, 0.25) is 5.91 Å². The van der Waals surface area contributed by atoms with Crippen LogP contribution in [-0.4, -0.2) is 49.9 Å². The van der Waals surface area contributed by atoms with Gasteiger partial charge in [-0.15, -0.1) is 24.8 Å². The minimum Gasteiger partial charge on any atom is -0.348 e. The lowest BCUT2D eigenvalue weighted by Crippen LogP contribution is -2.47. The van der Waals surface area contributed by atoms with Gasteiger partial charge in [0.1, 0.15) is 5.82 Å². The number of carbonyl (C=O) groups is 1. The third-order valence-corrected chi connectivity index (χ3v) is 5.24. The molecule has 1 fully saturated rings.